The van der Waals surface area contributed by atoms with Crippen LogP contribution in [0.4, 0.5) is 11.6 Å². The van der Waals surface area contributed by atoms with Crippen LogP contribution in [0.1, 0.15) is 34.8 Å². The van der Waals surface area contributed by atoms with E-state index >= 15 is 0 Å². The van der Waals surface area contributed by atoms with Crippen molar-refractivity contribution < 1.29 is 9.00 Å². The molecule has 3 N–H and O–H groups in total. The summed E-state index contributed by atoms with van der Waals surface area (Å²) >= 11 is 6.69. The monoisotopic (exact) mass is 546 g/mol. The predicted molar refractivity (Wildman–Crippen MR) is 147 cm³/mol. The van der Waals surface area contributed by atoms with Gasteiger partial charge in [0.25, 0.3) is 5.91 Å². The Kier molecular flexibility index (Phi) is 7.20. The Morgan fingerprint density at radius 3 is 2.87 bits per heavy atom. The van der Waals surface area contributed by atoms with Gasteiger partial charge in [0.1, 0.15) is 34.4 Å². The molecule has 1 fully saturated rings. The zero-order valence-corrected chi connectivity index (χ0v) is 21.7. The first-order valence-electron chi connectivity index (χ1n) is 11.8. The van der Waals surface area contributed by atoms with Gasteiger partial charge in [-0.05, 0) is 37.1 Å². The Hall–Kier alpha value is -4.11. The van der Waals surface area contributed by atoms with E-state index < -0.39 is 11.0 Å². The molecule has 4 aromatic rings. The number of nitrogens with two attached hydrogens (primary N) is 1. The van der Waals surface area contributed by atoms with Crippen molar-refractivity contribution in [1.82, 2.24) is 24.1 Å². The highest BCUT2D eigenvalue weighted by atomic mass is 35.5. The maximum atomic E-state index is 12.8. The van der Waals surface area contributed by atoms with Crippen LogP contribution in [0.15, 0.2) is 60.8 Å². The van der Waals surface area contributed by atoms with Crippen molar-refractivity contribution >= 4 is 51.0 Å². The average Bonchev–Trinajstić information content (AvgIpc) is 3.35. The smallest absolute Gasteiger partial charge is 0.256 e. The molecule has 1 aromatic carbocycles. The number of nitrogens with zero attached hydrogens (tertiary/aromatic N) is 6. The number of benzene rings is 1. The van der Waals surface area contributed by atoms with Crippen LogP contribution in [-0.4, -0.2) is 47.3 Å². The van der Waals surface area contributed by atoms with Crippen molar-refractivity contribution in [2.45, 2.75) is 18.9 Å². The molecule has 2 unspecified atom stereocenters. The van der Waals surface area contributed by atoms with Crippen molar-refractivity contribution in [3.63, 3.8) is 0 Å². The van der Waals surface area contributed by atoms with Gasteiger partial charge in [0.15, 0.2) is 0 Å². The number of halogens is 1. The first-order chi connectivity index (χ1) is 18.4. The Morgan fingerprint density at radius 1 is 1.32 bits per heavy atom. The second kappa shape index (κ2) is 10.7. The SMILES string of the molecule is C=CS(=O)N1CCCC(n2nc(-c3ccc(C(=O)Nc4ccccn4)cc3Cl)c3c(N)ncc(C#N)c32)C1. The van der Waals surface area contributed by atoms with Gasteiger partial charge in [-0.25, -0.2) is 18.5 Å². The van der Waals surface area contributed by atoms with E-state index in [1.807, 2.05) is 4.31 Å². The number of nitrogens with one attached hydrogen (secondary N) is 1. The number of nitrogen functional groups attached to an aromatic ring is 1. The third kappa shape index (κ3) is 4.77. The van der Waals surface area contributed by atoms with Gasteiger partial charge in [-0.15, -0.1) is 0 Å². The van der Waals surface area contributed by atoms with Crippen molar-refractivity contribution in [2.75, 3.05) is 24.1 Å². The molecule has 5 rings (SSSR count). The summed E-state index contributed by atoms with van der Waals surface area (Å²) in [6.45, 7) is 4.77. The molecule has 2 atom stereocenters. The van der Waals surface area contributed by atoms with Crippen LogP contribution in [0.5, 0.6) is 0 Å². The number of carbonyl (C=O) groups excluding carboxylic acids is 1. The van der Waals surface area contributed by atoms with E-state index in [1.54, 1.807) is 47.3 Å². The minimum atomic E-state index is -1.32. The van der Waals surface area contributed by atoms with Gasteiger partial charge in [-0.1, -0.05) is 30.3 Å². The number of fused-ring (bicyclic) bond motifs is 1. The van der Waals surface area contributed by atoms with Crippen LogP contribution in [0.25, 0.3) is 22.2 Å². The van der Waals surface area contributed by atoms with Crippen LogP contribution in [-0.2, 0) is 11.0 Å². The number of carbonyl (C=O) groups is 1. The van der Waals surface area contributed by atoms with Gasteiger partial charge >= 0.3 is 0 Å². The number of piperidine rings is 1. The van der Waals surface area contributed by atoms with Gasteiger partial charge in [0, 0.05) is 42.0 Å². The predicted octanol–water partition coefficient (Wildman–Crippen LogP) is 4.30. The quantitative estimate of drug-likeness (QED) is 0.367. The third-order valence-electron chi connectivity index (χ3n) is 6.37. The average molecular weight is 547 g/mol. The zero-order valence-electron chi connectivity index (χ0n) is 20.2. The number of hydrogen-bond donors (Lipinski definition) is 2. The molecule has 4 heterocycles. The minimum absolute atomic E-state index is 0.167. The number of hydrogen-bond acceptors (Lipinski definition) is 7. The molecule has 1 amide bonds. The Balaban J connectivity index is 1.58. The lowest BCUT2D eigenvalue weighted by Crippen LogP contribution is -2.37. The van der Waals surface area contributed by atoms with Crippen LogP contribution in [0, 0.1) is 11.3 Å². The number of anilines is 2. The normalized spacial score (nSPS) is 16.6. The summed E-state index contributed by atoms with van der Waals surface area (Å²) in [6.07, 6.45) is 4.58. The highest BCUT2D eigenvalue weighted by molar-refractivity contribution is 7.85. The molecule has 1 saturated heterocycles. The molecular formula is C26H23ClN8O2S. The fraction of sp³-hybridized carbons (Fsp3) is 0.192. The summed E-state index contributed by atoms with van der Waals surface area (Å²) in [5, 5.41) is 19.7. The maximum absolute atomic E-state index is 12.8. The highest BCUT2D eigenvalue weighted by Gasteiger charge is 2.29. The molecule has 1 aliphatic heterocycles. The molecule has 10 nitrogen and oxygen atoms in total. The Labute approximate surface area is 226 Å². The lowest BCUT2D eigenvalue weighted by atomic mass is 10.0. The van der Waals surface area contributed by atoms with Crippen LogP contribution < -0.4 is 11.1 Å². The lowest BCUT2D eigenvalue weighted by Gasteiger charge is -2.31. The van der Waals surface area contributed by atoms with E-state index in [-0.39, 0.29) is 22.8 Å². The molecule has 38 heavy (non-hydrogen) atoms. The van der Waals surface area contributed by atoms with E-state index in [1.165, 1.54) is 11.6 Å². The molecule has 12 heteroatoms. The summed E-state index contributed by atoms with van der Waals surface area (Å²) in [5.74, 6) is 0.262. The highest BCUT2D eigenvalue weighted by Crippen LogP contribution is 2.39. The number of pyridine rings is 2. The summed E-state index contributed by atoms with van der Waals surface area (Å²) in [7, 11) is -1.32. The molecule has 192 valence electrons. The standard InChI is InChI=1S/C26H23ClN8O2S/c1-2-38(37)34-11-5-6-18(15-34)35-24-17(13-28)14-31-25(29)22(24)23(33-35)19-9-8-16(12-20(19)27)26(36)32-21-7-3-4-10-30-21/h2-4,7-10,12,14,18H,1,5-6,11,15H2,(H2,29,31)(H,30,32,36). The minimum Gasteiger partial charge on any atom is -0.383 e. The Morgan fingerprint density at radius 2 is 2.16 bits per heavy atom. The largest absolute Gasteiger partial charge is 0.383 e. The van der Waals surface area contributed by atoms with Crippen molar-refractivity contribution in [3.8, 4) is 17.3 Å². The maximum Gasteiger partial charge on any atom is 0.256 e. The van der Waals surface area contributed by atoms with Gasteiger partial charge in [-0.3, -0.25) is 9.48 Å². The van der Waals surface area contributed by atoms with E-state index in [0.717, 1.165) is 12.8 Å². The van der Waals surface area contributed by atoms with Crippen LogP contribution in [0.3, 0.4) is 0 Å². The van der Waals surface area contributed by atoms with Gasteiger partial charge < -0.3 is 11.1 Å². The van der Waals surface area contributed by atoms with E-state index in [4.69, 9.17) is 22.4 Å². The second-order valence-electron chi connectivity index (χ2n) is 8.68. The van der Waals surface area contributed by atoms with Crippen molar-refractivity contribution in [1.29, 1.82) is 5.26 Å². The molecule has 0 spiro atoms. The van der Waals surface area contributed by atoms with Crippen molar-refractivity contribution in [2.24, 2.45) is 0 Å². The summed E-state index contributed by atoms with van der Waals surface area (Å²) in [5.41, 5.74) is 8.50. The van der Waals surface area contributed by atoms with Gasteiger partial charge in [0.05, 0.1) is 27.5 Å². The number of amides is 1. The molecule has 0 bridgehead atoms. The second-order valence-corrected chi connectivity index (χ2v) is 10.5. The molecular weight excluding hydrogens is 524 g/mol. The van der Waals surface area contributed by atoms with Crippen molar-refractivity contribution in [3.05, 3.63) is 76.9 Å². The van der Waals surface area contributed by atoms with E-state index in [0.29, 0.717) is 52.2 Å². The lowest BCUT2D eigenvalue weighted by molar-refractivity contribution is 0.102. The van der Waals surface area contributed by atoms with Crippen LogP contribution >= 0.6 is 11.6 Å². The molecule has 0 radical (unpaired) electrons. The topological polar surface area (TPSA) is 143 Å². The molecule has 1 aliphatic rings. The zero-order chi connectivity index (χ0) is 26.8. The van der Waals surface area contributed by atoms with E-state index in [9.17, 15) is 14.3 Å². The summed E-state index contributed by atoms with van der Waals surface area (Å²) in [4.78, 5) is 21.1. The van der Waals surface area contributed by atoms with Gasteiger partial charge in [0.2, 0.25) is 0 Å². The first-order valence-corrected chi connectivity index (χ1v) is 13.3. The van der Waals surface area contributed by atoms with E-state index in [2.05, 4.69) is 27.9 Å². The number of rotatable bonds is 6. The summed E-state index contributed by atoms with van der Waals surface area (Å²) in [6, 6.07) is 12.1. The number of nitriles is 1. The molecule has 3 aromatic heterocycles. The summed E-state index contributed by atoms with van der Waals surface area (Å²) < 4.78 is 16.0. The first kappa shape index (κ1) is 25.5. The molecule has 0 saturated carbocycles. The fourth-order valence-electron chi connectivity index (χ4n) is 4.59. The Bertz CT molecular complexity index is 1620. The fourth-order valence-corrected chi connectivity index (χ4v) is 5.70. The third-order valence-corrected chi connectivity index (χ3v) is 7.81. The van der Waals surface area contributed by atoms with Gasteiger partial charge in [-0.2, -0.15) is 10.4 Å². The number of aromatic nitrogens is 4. The molecule has 0 aliphatic carbocycles. The van der Waals surface area contributed by atoms with Crippen LogP contribution in [0.2, 0.25) is 5.02 Å².